The fourth-order valence-corrected chi connectivity index (χ4v) is 5.60. The third-order valence-corrected chi connectivity index (χ3v) is 7.45. The Morgan fingerprint density at radius 2 is 1.85 bits per heavy atom. The molecule has 0 spiro atoms. The van der Waals surface area contributed by atoms with Crippen molar-refractivity contribution in [1.82, 2.24) is 29.2 Å². The van der Waals surface area contributed by atoms with E-state index in [2.05, 4.69) is 47.2 Å². The number of hydrogen-bond donors (Lipinski definition) is 1. The lowest BCUT2D eigenvalue weighted by atomic mass is 10.0. The summed E-state index contributed by atoms with van der Waals surface area (Å²) in [5, 5.41) is 9.31. The summed E-state index contributed by atoms with van der Waals surface area (Å²) in [6.07, 6.45) is 1.52. The molecule has 1 aliphatic heterocycles. The average molecular weight is 477 g/mol. The molecule has 2 aromatic heterocycles. The highest BCUT2D eigenvalue weighted by molar-refractivity contribution is 7.99. The zero-order valence-corrected chi connectivity index (χ0v) is 20.4. The maximum Gasteiger partial charge on any atom is 0.326 e. The van der Waals surface area contributed by atoms with E-state index in [4.69, 9.17) is 0 Å². The molecule has 2 aromatic carbocycles. The third-order valence-electron chi connectivity index (χ3n) is 6.53. The van der Waals surface area contributed by atoms with E-state index < -0.39 is 0 Å². The summed E-state index contributed by atoms with van der Waals surface area (Å²) in [7, 11) is 0. The van der Waals surface area contributed by atoms with Gasteiger partial charge in [0.15, 0.2) is 5.16 Å². The molecule has 5 rings (SSSR count). The van der Waals surface area contributed by atoms with Crippen LogP contribution in [0.1, 0.15) is 35.8 Å². The molecule has 4 aromatic rings. The number of aromatic amines is 1. The van der Waals surface area contributed by atoms with Crippen molar-refractivity contribution in [3.8, 4) is 5.69 Å². The van der Waals surface area contributed by atoms with Gasteiger partial charge in [-0.05, 0) is 62.9 Å². The van der Waals surface area contributed by atoms with Crippen LogP contribution in [0.25, 0.3) is 16.7 Å². The number of nitrogens with zero attached hydrogens (tertiary/aromatic N) is 5. The molecule has 0 aliphatic carbocycles. The highest BCUT2D eigenvalue weighted by Crippen LogP contribution is 2.27. The van der Waals surface area contributed by atoms with Crippen molar-refractivity contribution in [1.29, 1.82) is 0 Å². The lowest BCUT2D eigenvalue weighted by Gasteiger charge is -2.32. The number of likely N-dealkylation sites (tertiary alicyclic amines) is 1. The Morgan fingerprint density at radius 3 is 2.65 bits per heavy atom. The normalized spacial score (nSPS) is 14.7. The van der Waals surface area contributed by atoms with Crippen LogP contribution in [0, 0.1) is 20.8 Å². The number of thioether (sulfide) groups is 1. The number of fused-ring (bicyclic) bond motifs is 1. The molecular formula is C25H28N6O2S. The summed E-state index contributed by atoms with van der Waals surface area (Å²) in [4.78, 5) is 30.3. The quantitative estimate of drug-likeness (QED) is 0.443. The minimum Gasteiger partial charge on any atom is -0.342 e. The van der Waals surface area contributed by atoms with Crippen LogP contribution in [0.2, 0.25) is 0 Å². The molecule has 0 radical (unpaired) electrons. The maximum atomic E-state index is 13.0. The molecule has 1 saturated heterocycles. The second-order valence-corrected chi connectivity index (χ2v) is 9.82. The van der Waals surface area contributed by atoms with Gasteiger partial charge in [0.25, 0.3) is 0 Å². The van der Waals surface area contributed by atoms with Gasteiger partial charge in [-0.2, -0.15) is 0 Å². The zero-order chi connectivity index (χ0) is 23.8. The fourth-order valence-electron chi connectivity index (χ4n) is 4.70. The summed E-state index contributed by atoms with van der Waals surface area (Å²) in [5.41, 5.74) is 5.04. The molecule has 0 unspecified atom stereocenters. The van der Waals surface area contributed by atoms with Crippen molar-refractivity contribution >= 4 is 28.7 Å². The Bertz CT molecular complexity index is 1410. The van der Waals surface area contributed by atoms with Crippen LogP contribution in [0.3, 0.4) is 0 Å². The number of hydrogen-bond acceptors (Lipinski definition) is 5. The molecule has 1 amide bonds. The lowest BCUT2D eigenvalue weighted by Crippen LogP contribution is -2.41. The SMILES string of the molecule is Cc1ccc(C)c(-n2c(C)nnc2SCC(=O)N2CCC(n3c(=O)[nH]c4ccccc43)CC2)c1. The number of piperidine rings is 1. The van der Waals surface area contributed by atoms with Crippen LogP contribution >= 0.6 is 11.8 Å². The minimum absolute atomic E-state index is 0.0809. The van der Waals surface area contributed by atoms with E-state index in [-0.39, 0.29) is 17.6 Å². The van der Waals surface area contributed by atoms with Gasteiger partial charge in [-0.3, -0.25) is 13.9 Å². The summed E-state index contributed by atoms with van der Waals surface area (Å²) in [6, 6.07) is 14.1. The summed E-state index contributed by atoms with van der Waals surface area (Å²) in [5.74, 6) is 1.19. The molecule has 176 valence electrons. The first-order valence-corrected chi connectivity index (χ1v) is 12.5. The van der Waals surface area contributed by atoms with Gasteiger partial charge in [-0.25, -0.2) is 4.79 Å². The number of H-pyrrole nitrogens is 1. The van der Waals surface area contributed by atoms with Crippen LogP contribution in [-0.4, -0.2) is 54.0 Å². The lowest BCUT2D eigenvalue weighted by molar-refractivity contribution is -0.129. The number of benzene rings is 2. The number of carbonyl (C=O) groups excluding carboxylic acids is 1. The monoisotopic (exact) mass is 476 g/mol. The summed E-state index contributed by atoms with van der Waals surface area (Å²) >= 11 is 1.42. The predicted molar refractivity (Wildman–Crippen MR) is 134 cm³/mol. The molecule has 1 N–H and O–H groups in total. The van der Waals surface area contributed by atoms with Gasteiger partial charge < -0.3 is 9.88 Å². The molecule has 8 nitrogen and oxygen atoms in total. The van der Waals surface area contributed by atoms with E-state index in [1.54, 1.807) is 0 Å². The Morgan fingerprint density at radius 1 is 1.09 bits per heavy atom. The largest absolute Gasteiger partial charge is 0.342 e. The standard InChI is InChI=1S/C25H28N6O2S/c1-16-8-9-17(2)22(14-16)30-18(3)27-28-25(30)34-15-23(32)29-12-10-19(11-13-29)31-21-7-5-4-6-20(21)26-24(31)33/h4-9,14,19H,10-13,15H2,1-3H3,(H,26,33). The first-order valence-electron chi connectivity index (χ1n) is 11.5. The topological polar surface area (TPSA) is 88.8 Å². The number of aromatic nitrogens is 5. The second-order valence-electron chi connectivity index (χ2n) is 8.87. The Balaban J connectivity index is 1.25. The highest BCUT2D eigenvalue weighted by Gasteiger charge is 2.26. The molecule has 9 heteroatoms. The van der Waals surface area contributed by atoms with Crippen molar-refractivity contribution in [2.24, 2.45) is 0 Å². The number of nitrogens with one attached hydrogen (secondary N) is 1. The number of rotatable bonds is 5. The number of carbonyl (C=O) groups is 1. The predicted octanol–water partition coefficient (Wildman–Crippen LogP) is 3.79. The zero-order valence-electron chi connectivity index (χ0n) is 19.6. The van der Waals surface area contributed by atoms with Gasteiger partial charge in [0.05, 0.1) is 22.5 Å². The number of amides is 1. The van der Waals surface area contributed by atoms with Gasteiger partial charge in [0.2, 0.25) is 5.91 Å². The van der Waals surface area contributed by atoms with E-state index in [9.17, 15) is 9.59 Å². The van der Waals surface area contributed by atoms with Crippen molar-refractivity contribution in [3.63, 3.8) is 0 Å². The van der Waals surface area contributed by atoms with Crippen LogP contribution in [-0.2, 0) is 4.79 Å². The number of imidazole rings is 1. The van der Waals surface area contributed by atoms with Crippen LogP contribution < -0.4 is 5.69 Å². The summed E-state index contributed by atoms with van der Waals surface area (Å²) in [6.45, 7) is 7.33. The molecular weight excluding hydrogens is 448 g/mol. The third kappa shape index (κ3) is 4.16. The Labute approximate surface area is 202 Å². The van der Waals surface area contributed by atoms with Crippen LogP contribution in [0.15, 0.2) is 52.4 Å². The van der Waals surface area contributed by atoms with Crippen molar-refractivity contribution in [2.75, 3.05) is 18.8 Å². The molecule has 0 saturated carbocycles. The molecule has 34 heavy (non-hydrogen) atoms. The maximum absolute atomic E-state index is 13.0. The smallest absolute Gasteiger partial charge is 0.326 e. The van der Waals surface area contributed by atoms with Gasteiger partial charge in [-0.1, -0.05) is 36.0 Å². The minimum atomic E-state index is -0.0809. The van der Waals surface area contributed by atoms with Crippen molar-refractivity contribution in [3.05, 3.63) is 69.9 Å². The van der Waals surface area contributed by atoms with Gasteiger partial charge >= 0.3 is 5.69 Å². The molecule has 0 atom stereocenters. The number of para-hydroxylation sites is 2. The van der Waals surface area contributed by atoms with Gasteiger partial charge in [0, 0.05) is 19.1 Å². The van der Waals surface area contributed by atoms with E-state index in [1.807, 2.05) is 45.2 Å². The van der Waals surface area contributed by atoms with E-state index in [1.165, 1.54) is 11.8 Å². The molecule has 0 bridgehead atoms. The van der Waals surface area contributed by atoms with Crippen molar-refractivity contribution < 1.29 is 4.79 Å². The molecule has 1 fully saturated rings. The van der Waals surface area contributed by atoms with Crippen LogP contribution in [0.5, 0.6) is 0 Å². The second kappa shape index (κ2) is 9.13. The van der Waals surface area contributed by atoms with Crippen molar-refractivity contribution in [2.45, 2.75) is 44.8 Å². The molecule has 1 aliphatic rings. The summed E-state index contributed by atoms with van der Waals surface area (Å²) < 4.78 is 3.87. The highest BCUT2D eigenvalue weighted by atomic mass is 32.2. The molecule has 3 heterocycles. The first-order chi connectivity index (χ1) is 16.4. The van der Waals surface area contributed by atoms with Gasteiger partial charge in [-0.15, -0.1) is 10.2 Å². The van der Waals surface area contributed by atoms with Crippen LogP contribution in [0.4, 0.5) is 0 Å². The van der Waals surface area contributed by atoms with Gasteiger partial charge in [0.1, 0.15) is 5.82 Å². The Hall–Kier alpha value is -3.33. The van der Waals surface area contributed by atoms with E-state index >= 15 is 0 Å². The Kier molecular flexibility index (Phi) is 6.03. The van der Waals surface area contributed by atoms with E-state index in [0.717, 1.165) is 51.7 Å². The number of aryl methyl sites for hydroxylation is 3. The van der Waals surface area contributed by atoms with E-state index in [0.29, 0.717) is 18.8 Å². The fraction of sp³-hybridized carbons (Fsp3) is 0.360. The first kappa shape index (κ1) is 22.5. The average Bonchev–Trinajstić information content (AvgIpc) is 3.37.